The molecule has 20 heavy (non-hydrogen) atoms. The molecule has 1 heterocycles. The average molecular weight is 280 g/mol. The first-order valence-electron chi connectivity index (χ1n) is 7.18. The van der Waals surface area contributed by atoms with Crippen LogP contribution in [0.15, 0.2) is 0 Å². The van der Waals surface area contributed by atoms with Gasteiger partial charge in [0.2, 0.25) is 5.88 Å². The van der Waals surface area contributed by atoms with Gasteiger partial charge >= 0.3 is 0 Å². The van der Waals surface area contributed by atoms with Crippen LogP contribution in [-0.2, 0) is 5.41 Å². The number of hydrogen-bond acceptors (Lipinski definition) is 5. The number of nitrogens with zero attached hydrogens (tertiary/aromatic N) is 2. The van der Waals surface area contributed by atoms with Gasteiger partial charge in [0.15, 0.2) is 5.82 Å². The first-order valence-corrected chi connectivity index (χ1v) is 7.18. The molecule has 0 spiro atoms. The molecule has 1 rings (SSSR count). The van der Waals surface area contributed by atoms with Crippen LogP contribution in [0.5, 0.6) is 5.88 Å². The van der Waals surface area contributed by atoms with Gasteiger partial charge < -0.3 is 15.8 Å². The molecule has 0 aliphatic rings. The van der Waals surface area contributed by atoms with E-state index in [0.29, 0.717) is 29.9 Å². The maximum atomic E-state index is 6.12. The van der Waals surface area contributed by atoms with Crippen LogP contribution in [-0.4, -0.2) is 22.6 Å². The van der Waals surface area contributed by atoms with E-state index >= 15 is 0 Å². The van der Waals surface area contributed by atoms with Crippen molar-refractivity contribution in [2.24, 2.45) is 5.92 Å². The van der Waals surface area contributed by atoms with Crippen molar-refractivity contribution in [3.8, 4) is 5.88 Å². The van der Waals surface area contributed by atoms with E-state index in [-0.39, 0.29) is 11.5 Å². The Kier molecular flexibility index (Phi) is 5.20. The highest BCUT2D eigenvalue weighted by molar-refractivity contribution is 5.67. The summed E-state index contributed by atoms with van der Waals surface area (Å²) in [7, 11) is 0. The van der Waals surface area contributed by atoms with Gasteiger partial charge in [0.25, 0.3) is 0 Å². The SMILES string of the molecule is CC(C)COc1nc(C(C)(C)C)nc(NC(C)C)c1N. The summed E-state index contributed by atoms with van der Waals surface area (Å²) in [6, 6.07) is 0.248. The Hall–Kier alpha value is -1.52. The molecule has 0 unspecified atom stereocenters. The van der Waals surface area contributed by atoms with Crippen LogP contribution >= 0.6 is 0 Å². The summed E-state index contributed by atoms with van der Waals surface area (Å²) in [4.78, 5) is 9.03. The number of hydrogen-bond donors (Lipinski definition) is 2. The maximum Gasteiger partial charge on any atom is 0.242 e. The van der Waals surface area contributed by atoms with E-state index < -0.39 is 0 Å². The zero-order chi connectivity index (χ0) is 15.5. The fraction of sp³-hybridized carbons (Fsp3) is 0.733. The van der Waals surface area contributed by atoms with E-state index in [1.807, 2.05) is 13.8 Å². The van der Waals surface area contributed by atoms with Gasteiger partial charge in [0.1, 0.15) is 11.5 Å². The third-order valence-corrected chi connectivity index (χ3v) is 2.56. The highest BCUT2D eigenvalue weighted by Crippen LogP contribution is 2.30. The molecule has 0 fully saturated rings. The van der Waals surface area contributed by atoms with Crippen LogP contribution < -0.4 is 15.8 Å². The minimum Gasteiger partial charge on any atom is -0.476 e. The second-order valence-electron chi connectivity index (χ2n) is 6.87. The molecule has 0 bridgehead atoms. The fourth-order valence-electron chi connectivity index (χ4n) is 1.52. The third-order valence-electron chi connectivity index (χ3n) is 2.56. The van der Waals surface area contributed by atoms with Crippen molar-refractivity contribution in [3.63, 3.8) is 0 Å². The van der Waals surface area contributed by atoms with Gasteiger partial charge in [-0.05, 0) is 19.8 Å². The number of ether oxygens (including phenoxy) is 1. The molecule has 5 heteroatoms. The highest BCUT2D eigenvalue weighted by atomic mass is 16.5. The lowest BCUT2D eigenvalue weighted by molar-refractivity contribution is 0.260. The number of nitrogens with two attached hydrogens (primary N) is 1. The summed E-state index contributed by atoms with van der Waals surface area (Å²) in [6.45, 7) is 15.1. The lowest BCUT2D eigenvalue weighted by atomic mass is 9.95. The van der Waals surface area contributed by atoms with Crippen LogP contribution in [0.2, 0.25) is 0 Å². The second kappa shape index (κ2) is 6.29. The second-order valence-corrected chi connectivity index (χ2v) is 6.87. The van der Waals surface area contributed by atoms with Gasteiger partial charge in [0.05, 0.1) is 6.61 Å². The van der Waals surface area contributed by atoms with Gasteiger partial charge in [-0.1, -0.05) is 34.6 Å². The Balaban J connectivity index is 3.20. The fourth-order valence-corrected chi connectivity index (χ4v) is 1.52. The number of nitrogens with one attached hydrogen (secondary N) is 1. The Labute approximate surface area is 122 Å². The molecule has 0 aromatic carbocycles. The largest absolute Gasteiger partial charge is 0.476 e. The summed E-state index contributed by atoms with van der Waals surface area (Å²) < 4.78 is 5.74. The molecule has 1 aromatic heterocycles. The first kappa shape index (κ1) is 16.5. The first-order chi connectivity index (χ1) is 9.11. The Morgan fingerprint density at radius 1 is 1.15 bits per heavy atom. The summed E-state index contributed by atoms with van der Waals surface area (Å²) in [6.07, 6.45) is 0. The zero-order valence-corrected chi connectivity index (χ0v) is 13.7. The molecule has 0 saturated carbocycles. The molecule has 0 amide bonds. The molecule has 0 aliphatic heterocycles. The maximum absolute atomic E-state index is 6.12. The van der Waals surface area contributed by atoms with Crippen LogP contribution in [0.1, 0.15) is 54.3 Å². The van der Waals surface area contributed by atoms with E-state index in [9.17, 15) is 0 Å². The molecule has 5 nitrogen and oxygen atoms in total. The number of rotatable bonds is 5. The molecule has 0 saturated heterocycles. The van der Waals surface area contributed by atoms with Gasteiger partial charge in [0, 0.05) is 11.5 Å². The number of aromatic nitrogens is 2. The van der Waals surface area contributed by atoms with Gasteiger partial charge in [-0.15, -0.1) is 0 Å². The van der Waals surface area contributed by atoms with Crippen LogP contribution in [0, 0.1) is 5.92 Å². The van der Waals surface area contributed by atoms with Crippen LogP contribution in [0.25, 0.3) is 0 Å². The molecular weight excluding hydrogens is 252 g/mol. The van der Waals surface area contributed by atoms with Gasteiger partial charge in [-0.25, -0.2) is 4.98 Å². The summed E-state index contributed by atoms with van der Waals surface area (Å²) >= 11 is 0. The normalized spacial score (nSPS) is 12.1. The standard InChI is InChI=1S/C15H28N4O/c1-9(2)8-20-13-11(16)12(17-10(3)4)18-14(19-13)15(5,6)7/h9-10H,8,16H2,1-7H3,(H,17,18,19). The molecule has 3 N–H and O–H groups in total. The molecule has 1 aromatic rings. The minimum absolute atomic E-state index is 0.156. The smallest absolute Gasteiger partial charge is 0.242 e. The minimum atomic E-state index is -0.156. The van der Waals surface area contributed by atoms with E-state index in [4.69, 9.17) is 10.5 Å². The molecule has 114 valence electrons. The Bertz CT molecular complexity index is 450. The quantitative estimate of drug-likeness (QED) is 0.866. The topological polar surface area (TPSA) is 73.1 Å². The molecular formula is C15H28N4O. The van der Waals surface area contributed by atoms with Crippen molar-refractivity contribution >= 4 is 11.5 Å². The zero-order valence-electron chi connectivity index (χ0n) is 13.7. The van der Waals surface area contributed by atoms with Gasteiger partial charge in [-0.2, -0.15) is 4.98 Å². The third kappa shape index (κ3) is 4.54. The predicted octanol–water partition coefficient (Wildman–Crippen LogP) is 3.21. The number of anilines is 2. The van der Waals surface area contributed by atoms with E-state index in [1.165, 1.54) is 0 Å². The van der Waals surface area contributed by atoms with Crippen molar-refractivity contribution in [2.45, 2.75) is 59.9 Å². The van der Waals surface area contributed by atoms with Crippen LogP contribution in [0.3, 0.4) is 0 Å². The lowest BCUT2D eigenvalue weighted by Gasteiger charge is -2.21. The highest BCUT2D eigenvalue weighted by Gasteiger charge is 2.22. The molecule has 0 atom stereocenters. The van der Waals surface area contributed by atoms with E-state index in [2.05, 4.69) is 49.9 Å². The summed E-state index contributed by atoms with van der Waals surface area (Å²) in [5, 5.41) is 3.26. The molecule has 0 radical (unpaired) electrons. The Morgan fingerprint density at radius 3 is 2.20 bits per heavy atom. The predicted molar refractivity (Wildman–Crippen MR) is 84.2 cm³/mol. The van der Waals surface area contributed by atoms with E-state index in [0.717, 1.165) is 5.82 Å². The van der Waals surface area contributed by atoms with Crippen molar-refractivity contribution in [2.75, 3.05) is 17.7 Å². The van der Waals surface area contributed by atoms with Gasteiger partial charge in [-0.3, -0.25) is 0 Å². The van der Waals surface area contributed by atoms with Crippen molar-refractivity contribution in [1.82, 2.24) is 9.97 Å². The summed E-state index contributed by atoms with van der Waals surface area (Å²) in [5.41, 5.74) is 6.44. The van der Waals surface area contributed by atoms with Crippen LogP contribution in [0.4, 0.5) is 11.5 Å². The molecule has 0 aliphatic carbocycles. The van der Waals surface area contributed by atoms with Crippen molar-refractivity contribution in [3.05, 3.63) is 5.82 Å². The van der Waals surface area contributed by atoms with Crippen molar-refractivity contribution in [1.29, 1.82) is 0 Å². The average Bonchev–Trinajstić information content (AvgIpc) is 2.27. The lowest BCUT2D eigenvalue weighted by Crippen LogP contribution is -2.21. The summed E-state index contributed by atoms with van der Waals surface area (Å²) in [5.74, 6) is 2.28. The Morgan fingerprint density at radius 2 is 1.75 bits per heavy atom. The van der Waals surface area contributed by atoms with Crippen molar-refractivity contribution < 1.29 is 4.74 Å². The number of nitrogen functional groups attached to an aromatic ring is 1. The van der Waals surface area contributed by atoms with E-state index in [1.54, 1.807) is 0 Å². The monoisotopic (exact) mass is 280 g/mol.